The van der Waals surface area contributed by atoms with Gasteiger partial charge >= 0.3 is 0 Å². The van der Waals surface area contributed by atoms with E-state index in [0.717, 1.165) is 38.2 Å². The number of piperidine rings is 1. The number of anilines is 2. The number of pyridine rings is 1. The SMILES string of the molecule is COCCCNc1nc2nonc2nc1N1CCCC[C@@H]1c1cccnc1. The second-order valence-corrected chi connectivity index (χ2v) is 6.57. The summed E-state index contributed by atoms with van der Waals surface area (Å²) < 4.78 is 9.94. The number of nitrogens with zero attached hydrogens (tertiary/aromatic N) is 6. The summed E-state index contributed by atoms with van der Waals surface area (Å²) in [6, 6.07) is 4.30. The maximum atomic E-state index is 5.13. The van der Waals surface area contributed by atoms with Crippen LogP contribution in [0, 0.1) is 0 Å². The van der Waals surface area contributed by atoms with E-state index in [-0.39, 0.29) is 6.04 Å². The fourth-order valence-corrected chi connectivity index (χ4v) is 3.48. The summed E-state index contributed by atoms with van der Waals surface area (Å²) in [6.07, 6.45) is 7.93. The molecule has 1 aliphatic rings. The molecule has 1 saturated heterocycles. The number of hydrogen-bond donors (Lipinski definition) is 1. The van der Waals surface area contributed by atoms with E-state index in [4.69, 9.17) is 14.3 Å². The number of ether oxygens (including phenoxy) is 1. The summed E-state index contributed by atoms with van der Waals surface area (Å²) in [4.78, 5) is 15.9. The molecule has 142 valence electrons. The van der Waals surface area contributed by atoms with Crippen LogP contribution in [0.1, 0.15) is 37.3 Å². The molecule has 0 bridgehead atoms. The van der Waals surface area contributed by atoms with Gasteiger partial charge in [0.1, 0.15) is 0 Å². The van der Waals surface area contributed by atoms with Gasteiger partial charge in [-0.3, -0.25) is 4.98 Å². The zero-order chi connectivity index (χ0) is 18.5. The van der Waals surface area contributed by atoms with E-state index in [0.29, 0.717) is 23.7 Å². The fourth-order valence-electron chi connectivity index (χ4n) is 3.48. The highest BCUT2D eigenvalue weighted by atomic mass is 16.6. The third-order valence-electron chi connectivity index (χ3n) is 4.76. The second kappa shape index (κ2) is 8.26. The van der Waals surface area contributed by atoms with Gasteiger partial charge in [0, 0.05) is 39.2 Å². The number of methoxy groups -OCH3 is 1. The average Bonchev–Trinajstić information content (AvgIpc) is 3.19. The van der Waals surface area contributed by atoms with Crippen LogP contribution in [-0.2, 0) is 4.74 Å². The standard InChI is InChI=1S/C18H23N7O2/c1-26-11-5-9-20-17-18(22-16-15(21-17)23-27-24-16)25-10-3-2-7-14(25)13-6-4-8-19-12-13/h4,6,8,12,14H,2-3,5,7,9-11H2,1H3,(H,20,21,23)/t14-/m1/s1. The van der Waals surface area contributed by atoms with Gasteiger partial charge in [-0.2, -0.15) is 0 Å². The predicted molar refractivity (Wildman–Crippen MR) is 101 cm³/mol. The Kier molecular flexibility index (Phi) is 5.38. The molecule has 1 fully saturated rings. The van der Waals surface area contributed by atoms with Crippen LogP contribution in [0.2, 0.25) is 0 Å². The zero-order valence-corrected chi connectivity index (χ0v) is 15.3. The molecule has 0 amide bonds. The summed E-state index contributed by atoms with van der Waals surface area (Å²) in [5, 5.41) is 11.1. The van der Waals surface area contributed by atoms with Crippen molar-refractivity contribution in [2.24, 2.45) is 0 Å². The molecule has 0 spiro atoms. The molecular weight excluding hydrogens is 346 g/mol. The molecule has 3 aromatic rings. The van der Waals surface area contributed by atoms with Crippen LogP contribution in [0.3, 0.4) is 0 Å². The highest BCUT2D eigenvalue weighted by molar-refractivity contribution is 5.74. The van der Waals surface area contributed by atoms with Crippen molar-refractivity contribution < 1.29 is 9.37 Å². The monoisotopic (exact) mass is 369 g/mol. The molecule has 1 aliphatic heterocycles. The molecule has 0 aromatic carbocycles. The Morgan fingerprint density at radius 1 is 1.26 bits per heavy atom. The number of rotatable bonds is 7. The van der Waals surface area contributed by atoms with Crippen molar-refractivity contribution in [2.75, 3.05) is 37.0 Å². The lowest BCUT2D eigenvalue weighted by Crippen LogP contribution is -2.35. The summed E-state index contributed by atoms with van der Waals surface area (Å²) in [7, 11) is 1.70. The van der Waals surface area contributed by atoms with Crippen molar-refractivity contribution >= 4 is 22.9 Å². The van der Waals surface area contributed by atoms with Gasteiger partial charge < -0.3 is 15.0 Å². The molecule has 1 N–H and O–H groups in total. The Hall–Kier alpha value is -2.81. The Morgan fingerprint density at radius 2 is 2.15 bits per heavy atom. The maximum absolute atomic E-state index is 5.13. The highest BCUT2D eigenvalue weighted by Crippen LogP contribution is 2.37. The van der Waals surface area contributed by atoms with E-state index in [9.17, 15) is 0 Å². The summed E-state index contributed by atoms with van der Waals surface area (Å²) >= 11 is 0. The van der Waals surface area contributed by atoms with Crippen molar-refractivity contribution in [2.45, 2.75) is 31.7 Å². The molecule has 3 aromatic heterocycles. The van der Waals surface area contributed by atoms with E-state index in [2.05, 4.69) is 36.6 Å². The van der Waals surface area contributed by atoms with E-state index in [1.54, 1.807) is 13.3 Å². The van der Waals surface area contributed by atoms with Crippen LogP contribution in [0.4, 0.5) is 11.6 Å². The number of fused-ring (bicyclic) bond motifs is 1. The van der Waals surface area contributed by atoms with Gasteiger partial charge in [0.15, 0.2) is 11.6 Å². The quantitative estimate of drug-likeness (QED) is 0.629. The molecule has 0 unspecified atom stereocenters. The largest absolute Gasteiger partial charge is 0.385 e. The molecule has 1 atom stereocenters. The number of aromatic nitrogens is 5. The van der Waals surface area contributed by atoms with Crippen molar-refractivity contribution in [1.29, 1.82) is 0 Å². The normalized spacial score (nSPS) is 17.4. The van der Waals surface area contributed by atoms with Crippen molar-refractivity contribution in [1.82, 2.24) is 25.3 Å². The summed E-state index contributed by atoms with van der Waals surface area (Å²) in [5.41, 5.74) is 2.01. The third kappa shape index (κ3) is 3.82. The number of hydrogen-bond acceptors (Lipinski definition) is 9. The zero-order valence-electron chi connectivity index (χ0n) is 15.3. The average molecular weight is 369 g/mol. The Balaban J connectivity index is 1.68. The van der Waals surface area contributed by atoms with Crippen LogP contribution in [0.15, 0.2) is 29.2 Å². The maximum Gasteiger partial charge on any atom is 0.245 e. The van der Waals surface area contributed by atoms with Crippen LogP contribution < -0.4 is 10.2 Å². The van der Waals surface area contributed by atoms with Crippen molar-refractivity contribution in [3.63, 3.8) is 0 Å². The van der Waals surface area contributed by atoms with Gasteiger partial charge in [0.25, 0.3) is 0 Å². The van der Waals surface area contributed by atoms with Gasteiger partial charge in [0.05, 0.1) is 6.04 Å². The van der Waals surface area contributed by atoms with Crippen LogP contribution in [-0.4, -0.2) is 52.1 Å². The highest BCUT2D eigenvalue weighted by Gasteiger charge is 2.28. The Bertz CT molecular complexity index is 871. The lowest BCUT2D eigenvalue weighted by atomic mass is 9.96. The summed E-state index contributed by atoms with van der Waals surface area (Å²) in [6.45, 7) is 2.32. The molecule has 9 nitrogen and oxygen atoms in total. The minimum absolute atomic E-state index is 0.207. The lowest BCUT2D eigenvalue weighted by molar-refractivity contribution is 0.198. The molecule has 0 radical (unpaired) electrons. The smallest absolute Gasteiger partial charge is 0.245 e. The molecule has 0 aliphatic carbocycles. The van der Waals surface area contributed by atoms with Crippen molar-refractivity contribution in [3.8, 4) is 0 Å². The van der Waals surface area contributed by atoms with Gasteiger partial charge in [-0.05, 0) is 47.6 Å². The predicted octanol–water partition coefficient (Wildman–Crippen LogP) is 2.59. The first-order valence-electron chi connectivity index (χ1n) is 9.26. The van der Waals surface area contributed by atoms with Crippen LogP contribution in [0.25, 0.3) is 11.3 Å². The molecule has 4 rings (SSSR count). The van der Waals surface area contributed by atoms with Crippen LogP contribution in [0.5, 0.6) is 0 Å². The second-order valence-electron chi connectivity index (χ2n) is 6.57. The minimum atomic E-state index is 0.207. The first kappa shape index (κ1) is 17.6. The van der Waals surface area contributed by atoms with Crippen molar-refractivity contribution in [3.05, 3.63) is 30.1 Å². The molecule has 0 saturated carbocycles. The topological polar surface area (TPSA) is 102 Å². The molecule has 9 heteroatoms. The van der Waals surface area contributed by atoms with Gasteiger partial charge in [0.2, 0.25) is 11.3 Å². The molecule has 4 heterocycles. The minimum Gasteiger partial charge on any atom is -0.385 e. The first-order chi connectivity index (χ1) is 13.4. The number of nitrogens with one attached hydrogen (secondary N) is 1. The van der Waals surface area contributed by atoms with Gasteiger partial charge in [-0.15, -0.1) is 0 Å². The van der Waals surface area contributed by atoms with E-state index < -0.39 is 0 Å². The van der Waals surface area contributed by atoms with Gasteiger partial charge in [-0.1, -0.05) is 6.07 Å². The lowest BCUT2D eigenvalue weighted by Gasteiger charge is -2.37. The van der Waals surface area contributed by atoms with E-state index >= 15 is 0 Å². The Morgan fingerprint density at radius 3 is 2.96 bits per heavy atom. The van der Waals surface area contributed by atoms with E-state index in [1.807, 2.05) is 12.3 Å². The van der Waals surface area contributed by atoms with E-state index in [1.165, 1.54) is 12.0 Å². The Labute approximate surface area is 157 Å². The van der Waals surface area contributed by atoms with Gasteiger partial charge in [-0.25, -0.2) is 14.6 Å². The van der Waals surface area contributed by atoms with Crippen LogP contribution >= 0.6 is 0 Å². The fraction of sp³-hybridized carbons (Fsp3) is 0.500. The first-order valence-corrected chi connectivity index (χ1v) is 9.26. The third-order valence-corrected chi connectivity index (χ3v) is 4.76. The molecular formula is C18H23N7O2. The summed E-state index contributed by atoms with van der Waals surface area (Å²) in [5.74, 6) is 1.48. The molecule has 27 heavy (non-hydrogen) atoms.